The summed E-state index contributed by atoms with van der Waals surface area (Å²) in [7, 11) is 0. The summed E-state index contributed by atoms with van der Waals surface area (Å²) >= 11 is 0. The van der Waals surface area contributed by atoms with Gasteiger partial charge in [-0.1, -0.05) is 48.5 Å². The molecule has 0 aromatic heterocycles. The van der Waals surface area contributed by atoms with Crippen LogP contribution in [0.1, 0.15) is 120 Å². The zero-order valence-corrected chi connectivity index (χ0v) is 44.3. The van der Waals surface area contributed by atoms with Gasteiger partial charge in [-0.3, -0.25) is 0 Å². The SMILES string of the molecule is C[C@@H]1O[C@@H](O[C@H]2[C@H](O[C@H]3CO[C@@H](O[C@H]4CC[C@]5(C)[C@H]6CC[C@]78OC[C@@]9(CCC(C)(C)C[C@H]97)[C@H](O)C[C@@]8(C)[C@]6(C)CC[C@H]5C4(C)C)[C@H](O[C@@H]4O[C@H](CO)[C@@H](O)[C@H](O)[C@H]4O)[C@H]3O)O[C@H](CO)[C@@H](O)[C@@H]2O)C(O)C(O)C1O. The highest BCUT2D eigenvalue weighted by Crippen LogP contribution is 2.80. The van der Waals surface area contributed by atoms with Crippen molar-refractivity contribution in [2.75, 3.05) is 26.4 Å². The molecular formula is C53H88O21. The molecule has 21 heteroatoms. The number of hydrogen-bond acceptors (Lipinski definition) is 21. The first-order valence-corrected chi connectivity index (χ1v) is 27.5. The van der Waals surface area contributed by atoms with Gasteiger partial charge in [0.1, 0.15) is 85.5 Å². The largest absolute Gasteiger partial charge is 0.394 e. The molecule has 74 heavy (non-hydrogen) atoms. The fourth-order valence-corrected chi connectivity index (χ4v) is 17.6. The molecule has 10 fully saturated rings. The molecule has 2 bridgehead atoms. The second-order valence-corrected chi connectivity index (χ2v) is 26.6. The monoisotopic (exact) mass is 1060 g/mol. The maximum atomic E-state index is 12.4. The Morgan fingerprint density at radius 3 is 1.77 bits per heavy atom. The number of rotatable bonds is 10. The molecule has 0 aromatic rings. The van der Waals surface area contributed by atoms with Crippen molar-refractivity contribution in [3.8, 4) is 0 Å². The van der Waals surface area contributed by atoms with Crippen molar-refractivity contribution in [3.63, 3.8) is 0 Å². The van der Waals surface area contributed by atoms with Gasteiger partial charge in [-0.25, -0.2) is 0 Å². The van der Waals surface area contributed by atoms with Crippen molar-refractivity contribution >= 4 is 0 Å². The standard InChI is InChI=1S/C53H88O21/c1-23-32(57)36(61)39(64)43(68-23)74-42-38(63)34(59)25(20-55)70-46(42)71-26-21-66-45(41(35(26)60)73-44-40(65)37(62)33(58)24(19-54)69-44)72-31-11-12-49(6)27(48(31,4)5)9-13-50(7)28(49)10-14-53-29-17-47(2,3)15-16-52(29,22-67-53)30(56)18-51(50,53)8/h23-46,54-65H,9-22H2,1-8H3/t23-,24+,25+,26-,27-,28+,29+,30+,31-,32?,33+,34+,35-,36?,37-,38-,39?,40+,41+,42+,43-,44-,45-,46-,49-,50+,51-,52+,53-/m0/s1. The number of ether oxygens (including phenoxy) is 9. The molecule has 29 atom stereocenters. The van der Waals surface area contributed by atoms with E-state index in [2.05, 4.69) is 48.5 Å². The van der Waals surface area contributed by atoms with E-state index in [0.717, 1.165) is 57.8 Å². The molecule has 21 nitrogen and oxygen atoms in total. The highest BCUT2D eigenvalue weighted by molar-refractivity contribution is 5.28. The fraction of sp³-hybridized carbons (Fsp3) is 1.00. The molecule has 12 N–H and O–H groups in total. The van der Waals surface area contributed by atoms with E-state index in [0.29, 0.717) is 24.9 Å². The minimum absolute atomic E-state index is 0.124. The number of aliphatic hydroxyl groups is 12. The van der Waals surface area contributed by atoms with Crippen LogP contribution >= 0.6 is 0 Å². The summed E-state index contributed by atoms with van der Waals surface area (Å²) in [6.45, 7) is 16.7. The van der Waals surface area contributed by atoms with Crippen LogP contribution < -0.4 is 0 Å². The normalized spacial score (nSPS) is 57.9. The molecular weight excluding hydrogens is 973 g/mol. The molecule has 3 unspecified atom stereocenters. The van der Waals surface area contributed by atoms with Crippen LogP contribution in [0.3, 0.4) is 0 Å². The Morgan fingerprint density at radius 2 is 1.11 bits per heavy atom. The Hall–Kier alpha value is -0.840. The van der Waals surface area contributed by atoms with Gasteiger partial charge in [0.05, 0.1) is 50.3 Å². The van der Waals surface area contributed by atoms with Crippen molar-refractivity contribution in [1.82, 2.24) is 0 Å². The Morgan fingerprint density at radius 1 is 0.514 bits per heavy atom. The molecule has 1 spiro atoms. The summed E-state index contributed by atoms with van der Waals surface area (Å²) in [5.74, 6) is 0.795. The third-order valence-electron chi connectivity index (χ3n) is 22.2. The van der Waals surface area contributed by atoms with Gasteiger partial charge in [0.15, 0.2) is 25.2 Å². The molecule has 0 amide bonds. The molecule has 5 saturated carbocycles. The van der Waals surface area contributed by atoms with Gasteiger partial charge in [-0.15, -0.1) is 0 Å². The highest BCUT2D eigenvalue weighted by atomic mass is 16.8. The van der Waals surface area contributed by atoms with Gasteiger partial charge in [-0.05, 0) is 111 Å². The van der Waals surface area contributed by atoms with E-state index in [1.165, 1.54) is 6.92 Å². The van der Waals surface area contributed by atoms with Gasteiger partial charge < -0.3 is 104 Å². The van der Waals surface area contributed by atoms with Crippen LogP contribution in [0, 0.1) is 50.2 Å². The lowest BCUT2D eigenvalue weighted by Gasteiger charge is -2.75. The molecule has 0 aromatic carbocycles. The minimum atomic E-state index is -1.87. The Bertz CT molecular complexity index is 2000. The average molecular weight is 1060 g/mol. The number of aliphatic hydroxyl groups excluding tert-OH is 12. The van der Waals surface area contributed by atoms with Gasteiger partial charge >= 0.3 is 0 Å². The van der Waals surface area contributed by atoms with Gasteiger partial charge in [-0.2, -0.15) is 0 Å². The van der Waals surface area contributed by atoms with Crippen molar-refractivity contribution in [2.45, 2.75) is 254 Å². The van der Waals surface area contributed by atoms with Crippen LogP contribution in [0.5, 0.6) is 0 Å². The first-order valence-electron chi connectivity index (χ1n) is 27.5. The lowest BCUT2D eigenvalue weighted by Crippen LogP contribution is -2.74. The molecule has 5 saturated heterocycles. The summed E-state index contributed by atoms with van der Waals surface area (Å²) in [5, 5.41) is 131. The smallest absolute Gasteiger partial charge is 0.187 e. The summed E-state index contributed by atoms with van der Waals surface area (Å²) in [6, 6.07) is 0. The van der Waals surface area contributed by atoms with Crippen LogP contribution in [-0.4, -0.2) is 222 Å². The topological polar surface area (TPSA) is 326 Å². The van der Waals surface area contributed by atoms with Gasteiger partial charge in [0.2, 0.25) is 0 Å². The Kier molecular flexibility index (Phi) is 15.0. The molecule has 10 rings (SSSR count). The van der Waals surface area contributed by atoms with Crippen LogP contribution in [0.25, 0.3) is 0 Å². The van der Waals surface area contributed by atoms with Gasteiger partial charge in [0, 0.05) is 10.8 Å². The van der Waals surface area contributed by atoms with E-state index >= 15 is 0 Å². The van der Waals surface area contributed by atoms with Crippen LogP contribution in [0.2, 0.25) is 0 Å². The second-order valence-electron chi connectivity index (χ2n) is 26.6. The van der Waals surface area contributed by atoms with E-state index in [4.69, 9.17) is 42.6 Å². The summed E-state index contributed by atoms with van der Waals surface area (Å²) in [6.07, 6.45) is -22.7. The van der Waals surface area contributed by atoms with Crippen molar-refractivity contribution in [2.24, 2.45) is 50.2 Å². The summed E-state index contributed by atoms with van der Waals surface area (Å²) < 4.78 is 56.4. The molecule has 5 aliphatic heterocycles. The zero-order chi connectivity index (χ0) is 53.6. The summed E-state index contributed by atoms with van der Waals surface area (Å²) in [5.41, 5.74) is -1.31. The Balaban J connectivity index is 0.902. The van der Waals surface area contributed by atoms with E-state index in [1.807, 2.05) is 0 Å². The summed E-state index contributed by atoms with van der Waals surface area (Å²) in [4.78, 5) is 0. The van der Waals surface area contributed by atoms with Crippen LogP contribution in [-0.2, 0) is 42.6 Å². The van der Waals surface area contributed by atoms with Crippen LogP contribution in [0.4, 0.5) is 0 Å². The maximum Gasteiger partial charge on any atom is 0.187 e. The van der Waals surface area contributed by atoms with Crippen molar-refractivity contribution < 1.29 is 104 Å². The van der Waals surface area contributed by atoms with E-state index in [9.17, 15) is 61.3 Å². The third-order valence-corrected chi connectivity index (χ3v) is 22.2. The average Bonchev–Trinajstić information content (AvgIpc) is 3.63. The zero-order valence-electron chi connectivity index (χ0n) is 44.3. The van der Waals surface area contributed by atoms with Gasteiger partial charge in [0.25, 0.3) is 0 Å². The predicted molar refractivity (Wildman–Crippen MR) is 255 cm³/mol. The fourth-order valence-electron chi connectivity index (χ4n) is 17.6. The minimum Gasteiger partial charge on any atom is -0.394 e. The molecule has 10 aliphatic rings. The van der Waals surface area contributed by atoms with Crippen LogP contribution in [0.15, 0.2) is 0 Å². The quantitative estimate of drug-likeness (QED) is 0.121. The lowest BCUT2D eigenvalue weighted by atomic mass is 9.30. The lowest BCUT2D eigenvalue weighted by molar-refractivity contribution is -0.394. The van der Waals surface area contributed by atoms with E-state index < -0.39 is 154 Å². The first-order chi connectivity index (χ1) is 34.6. The molecule has 426 valence electrons. The maximum absolute atomic E-state index is 12.4. The van der Waals surface area contributed by atoms with Crippen molar-refractivity contribution in [3.05, 3.63) is 0 Å². The molecule has 5 aliphatic carbocycles. The Labute approximate surface area is 433 Å². The number of hydrogen-bond donors (Lipinski definition) is 12. The third kappa shape index (κ3) is 8.40. The second kappa shape index (κ2) is 19.7. The van der Waals surface area contributed by atoms with E-state index in [-0.39, 0.29) is 38.6 Å². The highest BCUT2D eigenvalue weighted by Gasteiger charge is 2.80. The van der Waals surface area contributed by atoms with Crippen molar-refractivity contribution in [1.29, 1.82) is 0 Å². The van der Waals surface area contributed by atoms with E-state index in [1.54, 1.807) is 0 Å². The molecule has 0 radical (unpaired) electrons. The predicted octanol–water partition coefficient (Wildman–Crippen LogP) is -0.684. The number of fused-ring (bicyclic) bond motifs is 4. The first kappa shape index (κ1) is 56.4. The molecule has 5 heterocycles.